The fraction of sp³-hybridized carbons (Fsp3) is 0.500. The Morgan fingerprint density at radius 3 is 2.48 bits per heavy atom. The summed E-state index contributed by atoms with van der Waals surface area (Å²) in [7, 11) is 2.93. The van der Waals surface area contributed by atoms with Gasteiger partial charge in [-0.25, -0.2) is 0 Å². The summed E-state index contributed by atoms with van der Waals surface area (Å²) in [5.74, 6) is 0. The van der Waals surface area contributed by atoms with Gasteiger partial charge < -0.3 is 30.3 Å². The number of nitrogen functional groups attached to an aromatic ring is 1. The third kappa shape index (κ3) is 4.26. The molecule has 9 nitrogen and oxygen atoms in total. The van der Waals surface area contributed by atoms with Crippen molar-refractivity contribution in [3.8, 4) is 0 Å². The van der Waals surface area contributed by atoms with Crippen molar-refractivity contribution >= 4 is 16.7 Å². The molecule has 5 N–H and O–H groups in total. The molecule has 1 aliphatic heterocycles. The zero-order valence-corrected chi connectivity index (χ0v) is 14.6. The number of anilines is 1. The second-order valence-electron chi connectivity index (χ2n) is 5.77. The highest BCUT2D eigenvalue weighted by atomic mass is 16.7. The number of aliphatic hydroxyl groups excluding tert-OH is 1. The van der Waals surface area contributed by atoms with Crippen LogP contribution < -0.4 is 16.9 Å². The van der Waals surface area contributed by atoms with E-state index in [2.05, 4.69) is 9.97 Å². The third-order valence-electron chi connectivity index (χ3n) is 4.03. The molecular formula is C16H24N4O5. The van der Waals surface area contributed by atoms with Gasteiger partial charge in [-0.15, -0.1) is 0 Å². The van der Waals surface area contributed by atoms with Gasteiger partial charge in [0.05, 0.1) is 24.2 Å². The van der Waals surface area contributed by atoms with Gasteiger partial charge in [-0.1, -0.05) is 0 Å². The molecule has 0 unspecified atom stereocenters. The van der Waals surface area contributed by atoms with E-state index in [4.69, 9.17) is 20.3 Å². The highest BCUT2D eigenvalue weighted by Gasteiger charge is 2.19. The molecule has 138 valence electrons. The van der Waals surface area contributed by atoms with Crippen LogP contribution in [0, 0.1) is 6.92 Å². The van der Waals surface area contributed by atoms with E-state index in [9.17, 15) is 9.59 Å². The molecule has 0 radical (unpaired) electrons. The standard InChI is InChI=1S/C15H20N4O4.CH4O/c1-8-9(6-19(2)7-12-22-3-4-23-12)13-11(5-10(8)16)17-14(20)15(21)18-13;1-2/h5,12H,3-4,6-7,16H2,1-2H3,(H,17,20)(H,18,21);2H,1H3. The summed E-state index contributed by atoms with van der Waals surface area (Å²) >= 11 is 0. The summed E-state index contributed by atoms with van der Waals surface area (Å²) in [5.41, 5.74) is 8.10. The van der Waals surface area contributed by atoms with Crippen LogP contribution in [0.25, 0.3) is 11.0 Å². The first-order valence-electron chi connectivity index (χ1n) is 7.86. The smallest absolute Gasteiger partial charge is 0.314 e. The van der Waals surface area contributed by atoms with Gasteiger partial charge in [0, 0.05) is 25.9 Å². The summed E-state index contributed by atoms with van der Waals surface area (Å²) in [4.78, 5) is 30.4. The molecule has 0 bridgehead atoms. The van der Waals surface area contributed by atoms with E-state index < -0.39 is 11.1 Å². The van der Waals surface area contributed by atoms with Crippen LogP contribution in [0.2, 0.25) is 0 Å². The Balaban J connectivity index is 0.00000109. The second kappa shape index (κ2) is 8.26. The number of fused-ring (bicyclic) bond motifs is 1. The number of aromatic nitrogens is 2. The van der Waals surface area contributed by atoms with Crippen LogP contribution in [-0.4, -0.2) is 60.2 Å². The molecule has 1 saturated heterocycles. The minimum atomic E-state index is -0.687. The van der Waals surface area contributed by atoms with Crippen LogP contribution in [0.5, 0.6) is 0 Å². The molecule has 9 heteroatoms. The van der Waals surface area contributed by atoms with Gasteiger partial charge >= 0.3 is 11.1 Å². The molecule has 1 fully saturated rings. The predicted molar refractivity (Wildman–Crippen MR) is 94.5 cm³/mol. The van der Waals surface area contributed by atoms with Crippen LogP contribution in [0.4, 0.5) is 5.69 Å². The van der Waals surface area contributed by atoms with Gasteiger partial charge in [0.1, 0.15) is 0 Å². The molecule has 0 aliphatic carbocycles. The topological polar surface area (TPSA) is 134 Å². The van der Waals surface area contributed by atoms with Gasteiger partial charge in [0.25, 0.3) is 0 Å². The monoisotopic (exact) mass is 352 g/mol. The van der Waals surface area contributed by atoms with Gasteiger partial charge in [-0.05, 0) is 31.2 Å². The lowest BCUT2D eigenvalue weighted by molar-refractivity contribution is -0.0592. The van der Waals surface area contributed by atoms with Gasteiger partial charge in [0.2, 0.25) is 0 Å². The summed E-state index contributed by atoms with van der Waals surface area (Å²) < 4.78 is 10.9. The quantitative estimate of drug-likeness (QED) is 0.431. The van der Waals surface area contributed by atoms with Crippen molar-refractivity contribution in [2.45, 2.75) is 19.8 Å². The highest BCUT2D eigenvalue weighted by molar-refractivity contribution is 5.83. The van der Waals surface area contributed by atoms with Gasteiger partial charge in [0.15, 0.2) is 6.29 Å². The SMILES string of the molecule is CO.Cc1c(N)cc2[nH]c(=O)c(=O)[nH]c2c1CN(C)CC1OCCO1. The normalized spacial score (nSPS) is 14.8. The van der Waals surface area contributed by atoms with Crippen LogP contribution in [0.15, 0.2) is 15.7 Å². The Morgan fingerprint density at radius 1 is 1.24 bits per heavy atom. The Kier molecular flexibility index (Phi) is 6.32. The number of aliphatic hydroxyl groups is 1. The maximum atomic E-state index is 11.7. The fourth-order valence-corrected chi connectivity index (χ4v) is 2.75. The number of hydrogen-bond acceptors (Lipinski definition) is 7. The molecule has 25 heavy (non-hydrogen) atoms. The highest BCUT2D eigenvalue weighted by Crippen LogP contribution is 2.25. The number of hydrogen-bond donors (Lipinski definition) is 4. The van der Waals surface area contributed by atoms with Gasteiger partial charge in [-0.2, -0.15) is 0 Å². The molecule has 3 rings (SSSR count). The lowest BCUT2D eigenvalue weighted by Gasteiger charge is -2.22. The first kappa shape index (κ1) is 19.1. The van der Waals surface area contributed by atoms with E-state index >= 15 is 0 Å². The van der Waals surface area contributed by atoms with Crippen molar-refractivity contribution in [2.24, 2.45) is 0 Å². The fourth-order valence-electron chi connectivity index (χ4n) is 2.75. The van der Waals surface area contributed by atoms with Gasteiger partial charge in [-0.3, -0.25) is 14.5 Å². The number of nitrogens with one attached hydrogen (secondary N) is 2. The Labute approximate surface area is 144 Å². The molecule has 0 atom stereocenters. The molecule has 2 aromatic rings. The summed E-state index contributed by atoms with van der Waals surface area (Å²) in [6, 6.07) is 1.66. The van der Waals surface area contributed by atoms with E-state index in [1.165, 1.54) is 0 Å². The Morgan fingerprint density at radius 2 is 1.84 bits per heavy atom. The number of aromatic amines is 2. The first-order chi connectivity index (χ1) is 12.0. The van der Waals surface area contributed by atoms with Crippen molar-refractivity contribution in [3.63, 3.8) is 0 Å². The molecule has 1 aromatic heterocycles. The predicted octanol–water partition coefficient (Wildman–Crippen LogP) is -0.480. The molecule has 0 saturated carbocycles. The van der Waals surface area contributed by atoms with Crippen LogP contribution in [0.3, 0.4) is 0 Å². The second-order valence-corrected chi connectivity index (χ2v) is 5.77. The minimum absolute atomic E-state index is 0.244. The Hall–Kier alpha value is -2.20. The summed E-state index contributed by atoms with van der Waals surface area (Å²) in [6.45, 7) is 4.24. The zero-order chi connectivity index (χ0) is 18.6. The van der Waals surface area contributed by atoms with E-state index in [0.717, 1.165) is 18.2 Å². The Bertz CT molecular complexity index is 839. The number of nitrogens with two attached hydrogens (primary N) is 1. The van der Waals surface area contributed by atoms with Crippen LogP contribution in [-0.2, 0) is 16.0 Å². The lowest BCUT2D eigenvalue weighted by atomic mass is 10.0. The molecular weight excluding hydrogens is 328 g/mol. The number of rotatable bonds is 4. The van der Waals surface area contributed by atoms with Crippen molar-refractivity contribution in [1.29, 1.82) is 0 Å². The molecule has 0 spiro atoms. The average Bonchev–Trinajstić information content (AvgIpc) is 3.09. The lowest BCUT2D eigenvalue weighted by Crippen LogP contribution is -2.31. The van der Waals surface area contributed by atoms with Crippen molar-refractivity contribution in [3.05, 3.63) is 37.9 Å². The van der Waals surface area contributed by atoms with Crippen LogP contribution >= 0.6 is 0 Å². The van der Waals surface area contributed by atoms with E-state index in [1.807, 2.05) is 18.9 Å². The average molecular weight is 352 g/mol. The molecule has 2 heterocycles. The third-order valence-corrected chi connectivity index (χ3v) is 4.03. The molecule has 1 aliphatic rings. The number of ether oxygens (including phenoxy) is 2. The van der Waals surface area contributed by atoms with E-state index in [1.54, 1.807) is 6.07 Å². The van der Waals surface area contributed by atoms with Crippen molar-refractivity contribution in [1.82, 2.24) is 14.9 Å². The number of benzene rings is 1. The van der Waals surface area contributed by atoms with E-state index in [0.29, 0.717) is 43.0 Å². The maximum absolute atomic E-state index is 11.7. The largest absolute Gasteiger partial charge is 0.400 e. The first-order valence-corrected chi connectivity index (χ1v) is 7.86. The minimum Gasteiger partial charge on any atom is -0.400 e. The zero-order valence-electron chi connectivity index (χ0n) is 14.6. The van der Waals surface area contributed by atoms with E-state index in [-0.39, 0.29) is 6.29 Å². The number of nitrogens with zero attached hydrogens (tertiary/aromatic N) is 1. The summed E-state index contributed by atoms with van der Waals surface area (Å²) in [5, 5.41) is 7.00. The van der Waals surface area contributed by atoms with Crippen molar-refractivity contribution in [2.75, 3.05) is 39.6 Å². The molecule has 1 aromatic carbocycles. The summed E-state index contributed by atoms with van der Waals surface area (Å²) in [6.07, 6.45) is -0.244. The van der Waals surface area contributed by atoms with Crippen LogP contribution in [0.1, 0.15) is 11.1 Å². The maximum Gasteiger partial charge on any atom is 0.314 e. The number of H-pyrrole nitrogens is 2. The molecule has 0 amide bonds. The van der Waals surface area contributed by atoms with Crippen molar-refractivity contribution < 1.29 is 14.6 Å². The number of likely N-dealkylation sites (N-methyl/N-ethyl adjacent to an activating group) is 1.